The largest absolute Gasteiger partial charge is 0.354 e. The Morgan fingerprint density at radius 1 is 1.02 bits per heavy atom. The van der Waals surface area contributed by atoms with Crippen molar-refractivity contribution in [1.82, 2.24) is 10.2 Å². The molecular formula is C29H32Cl2N4O6S. The van der Waals surface area contributed by atoms with E-state index in [1.165, 1.54) is 29.2 Å². The third-order valence-corrected chi connectivity index (χ3v) is 8.19. The number of non-ortho nitro benzene ring substituents is 1. The second-order valence-corrected chi connectivity index (χ2v) is 12.4. The summed E-state index contributed by atoms with van der Waals surface area (Å²) in [7, 11) is -4.08. The molecule has 0 spiro atoms. The van der Waals surface area contributed by atoms with Crippen LogP contribution in [0, 0.1) is 10.1 Å². The van der Waals surface area contributed by atoms with Gasteiger partial charge in [0.2, 0.25) is 21.8 Å². The van der Waals surface area contributed by atoms with Gasteiger partial charge in [-0.2, -0.15) is 0 Å². The van der Waals surface area contributed by atoms with Crippen LogP contribution in [-0.2, 0) is 32.6 Å². The van der Waals surface area contributed by atoms with Crippen LogP contribution in [0.25, 0.3) is 0 Å². The van der Waals surface area contributed by atoms with E-state index in [2.05, 4.69) is 5.32 Å². The summed E-state index contributed by atoms with van der Waals surface area (Å²) in [4.78, 5) is 39.7. The molecule has 1 N–H and O–H groups in total. The average molecular weight is 636 g/mol. The van der Waals surface area contributed by atoms with Gasteiger partial charge in [0, 0.05) is 41.7 Å². The highest BCUT2D eigenvalue weighted by Gasteiger charge is 2.33. The van der Waals surface area contributed by atoms with E-state index in [9.17, 15) is 28.1 Å². The fourth-order valence-electron chi connectivity index (χ4n) is 4.27. The monoisotopic (exact) mass is 634 g/mol. The number of nitro benzene ring substituents is 1. The summed E-state index contributed by atoms with van der Waals surface area (Å²) in [6.07, 6.45) is 2.62. The Kier molecular flexibility index (Phi) is 11.7. The third-order valence-electron chi connectivity index (χ3n) is 6.46. The molecule has 0 saturated carbocycles. The Hall–Kier alpha value is -3.67. The van der Waals surface area contributed by atoms with Crippen LogP contribution < -0.4 is 9.62 Å². The minimum Gasteiger partial charge on any atom is -0.354 e. The SMILES string of the molecule is CCCCNC(=O)[C@@H](Cc1ccccc1)N(Cc1ccc(Cl)cc1Cl)C(=O)CN(c1cccc([N+](=O)[O-])c1)S(C)(=O)=O. The van der Waals surface area contributed by atoms with Gasteiger partial charge in [0.1, 0.15) is 12.6 Å². The molecule has 0 aliphatic heterocycles. The first-order chi connectivity index (χ1) is 19.9. The molecule has 1 atom stereocenters. The third kappa shape index (κ3) is 9.17. The lowest BCUT2D eigenvalue weighted by molar-refractivity contribution is -0.384. The number of hydrogen-bond acceptors (Lipinski definition) is 6. The number of nitro groups is 1. The standard InChI is InChI=1S/C29H32Cl2N4O6S/c1-3-4-15-32-29(37)27(16-21-9-6-5-7-10-21)33(19-22-13-14-23(30)17-26(22)31)28(36)20-34(42(2,40)41)24-11-8-12-25(18-24)35(38)39/h5-14,17-18,27H,3-4,15-16,19-20H2,1-2H3,(H,32,37)/t27-/m1/s1. The number of benzene rings is 3. The smallest absolute Gasteiger partial charge is 0.271 e. The molecule has 0 aliphatic rings. The molecule has 0 saturated heterocycles. The molecular weight excluding hydrogens is 603 g/mol. The van der Waals surface area contributed by atoms with Crippen LogP contribution in [0.15, 0.2) is 72.8 Å². The van der Waals surface area contributed by atoms with Crippen LogP contribution >= 0.6 is 23.2 Å². The molecule has 3 aromatic rings. The summed E-state index contributed by atoms with van der Waals surface area (Å²) in [6.45, 7) is 1.55. The Bertz CT molecular complexity index is 1520. The average Bonchev–Trinajstić information content (AvgIpc) is 2.94. The summed E-state index contributed by atoms with van der Waals surface area (Å²) in [5.41, 5.74) is 0.883. The molecule has 0 unspecified atom stereocenters. The normalized spacial score (nSPS) is 11.9. The first-order valence-electron chi connectivity index (χ1n) is 13.2. The Balaban J connectivity index is 2.08. The van der Waals surface area contributed by atoms with E-state index in [-0.39, 0.29) is 29.4 Å². The second-order valence-electron chi connectivity index (χ2n) is 9.65. The molecule has 224 valence electrons. The molecule has 0 radical (unpaired) electrons. The van der Waals surface area contributed by atoms with E-state index in [1.54, 1.807) is 12.1 Å². The summed E-state index contributed by atoms with van der Waals surface area (Å²) in [6, 6.07) is 17.8. The number of amides is 2. The highest BCUT2D eigenvalue weighted by atomic mass is 35.5. The molecule has 0 aliphatic carbocycles. The molecule has 0 bridgehead atoms. The quantitative estimate of drug-likeness (QED) is 0.147. The van der Waals surface area contributed by atoms with Crippen LogP contribution in [0.2, 0.25) is 10.0 Å². The van der Waals surface area contributed by atoms with Crippen LogP contribution in [0.5, 0.6) is 0 Å². The fourth-order valence-corrected chi connectivity index (χ4v) is 5.58. The van der Waals surface area contributed by atoms with Gasteiger partial charge in [-0.3, -0.25) is 24.0 Å². The van der Waals surface area contributed by atoms with E-state index in [0.29, 0.717) is 17.1 Å². The van der Waals surface area contributed by atoms with Crippen molar-refractivity contribution in [3.05, 3.63) is 104 Å². The zero-order chi connectivity index (χ0) is 30.9. The predicted molar refractivity (Wildman–Crippen MR) is 164 cm³/mol. The van der Waals surface area contributed by atoms with Crippen molar-refractivity contribution in [1.29, 1.82) is 0 Å². The lowest BCUT2D eigenvalue weighted by atomic mass is 10.0. The fraction of sp³-hybridized carbons (Fsp3) is 0.310. The number of nitrogens with zero attached hydrogens (tertiary/aromatic N) is 3. The first-order valence-corrected chi connectivity index (χ1v) is 15.8. The minimum atomic E-state index is -4.08. The molecule has 2 amide bonds. The van der Waals surface area contributed by atoms with Gasteiger partial charge < -0.3 is 10.2 Å². The molecule has 0 aromatic heterocycles. The van der Waals surface area contributed by atoms with Crippen molar-refractivity contribution >= 4 is 56.4 Å². The molecule has 3 aromatic carbocycles. The zero-order valence-electron chi connectivity index (χ0n) is 23.2. The van der Waals surface area contributed by atoms with Gasteiger partial charge in [-0.15, -0.1) is 0 Å². The van der Waals surface area contributed by atoms with Crippen molar-refractivity contribution in [3.63, 3.8) is 0 Å². The maximum Gasteiger partial charge on any atom is 0.271 e. The summed E-state index contributed by atoms with van der Waals surface area (Å²) >= 11 is 12.5. The number of carbonyl (C=O) groups excluding carboxylic acids is 2. The van der Waals surface area contributed by atoms with Gasteiger partial charge in [-0.05, 0) is 35.7 Å². The molecule has 42 heavy (non-hydrogen) atoms. The highest BCUT2D eigenvalue weighted by molar-refractivity contribution is 7.92. The van der Waals surface area contributed by atoms with Crippen LogP contribution in [-0.4, -0.2) is 55.4 Å². The van der Waals surface area contributed by atoms with E-state index in [0.717, 1.165) is 35.0 Å². The summed E-state index contributed by atoms with van der Waals surface area (Å²) in [5.74, 6) is -1.11. The molecule has 13 heteroatoms. The van der Waals surface area contributed by atoms with E-state index >= 15 is 0 Å². The number of rotatable bonds is 14. The lowest BCUT2D eigenvalue weighted by Gasteiger charge is -2.33. The van der Waals surface area contributed by atoms with Crippen LogP contribution in [0.3, 0.4) is 0 Å². The van der Waals surface area contributed by atoms with Crippen molar-refractivity contribution in [2.75, 3.05) is 23.7 Å². The molecule has 3 rings (SSSR count). The van der Waals surface area contributed by atoms with E-state index in [1.807, 2.05) is 37.3 Å². The number of unbranched alkanes of at least 4 members (excludes halogenated alkanes) is 1. The number of carbonyl (C=O) groups is 2. The molecule has 0 fully saturated rings. The Labute approximate surface area is 255 Å². The van der Waals surface area contributed by atoms with Crippen molar-refractivity contribution in [2.45, 2.75) is 38.8 Å². The van der Waals surface area contributed by atoms with Crippen molar-refractivity contribution < 1.29 is 22.9 Å². The minimum absolute atomic E-state index is 0.0588. The highest BCUT2D eigenvalue weighted by Crippen LogP contribution is 2.26. The first kappa shape index (κ1) is 32.8. The number of sulfonamides is 1. The lowest BCUT2D eigenvalue weighted by Crippen LogP contribution is -2.53. The van der Waals surface area contributed by atoms with Gasteiger partial charge in [0.15, 0.2) is 0 Å². The summed E-state index contributed by atoms with van der Waals surface area (Å²) in [5, 5.41) is 14.9. The molecule has 10 nitrogen and oxygen atoms in total. The van der Waals surface area contributed by atoms with E-state index < -0.39 is 39.3 Å². The van der Waals surface area contributed by atoms with Gasteiger partial charge in [0.25, 0.3) is 5.69 Å². The van der Waals surface area contributed by atoms with Gasteiger partial charge in [0.05, 0.1) is 16.9 Å². The Morgan fingerprint density at radius 3 is 2.36 bits per heavy atom. The number of anilines is 1. The predicted octanol–water partition coefficient (Wildman–Crippen LogP) is 5.22. The topological polar surface area (TPSA) is 130 Å². The number of hydrogen-bond donors (Lipinski definition) is 1. The van der Waals surface area contributed by atoms with Gasteiger partial charge in [-0.1, -0.05) is 79.0 Å². The van der Waals surface area contributed by atoms with Crippen LogP contribution in [0.1, 0.15) is 30.9 Å². The van der Waals surface area contributed by atoms with Gasteiger partial charge >= 0.3 is 0 Å². The van der Waals surface area contributed by atoms with Gasteiger partial charge in [-0.25, -0.2) is 8.42 Å². The Morgan fingerprint density at radius 2 is 1.74 bits per heavy atom. The molecule has 0 heterocycles. The van der Waals surface area contributed by atoms with Crippen molar-refractivity contribution in [2.24, 2.45) is 0 Å². The van der Waals surface area contributed by atoms with E-state index in [4.69, 9.17) is 23.2 Å². The number of nitrogens with one attached hydrogen (secondary N) is 1. The maximum absolute atomic E-state index is 14.1. The summed E-state index contributed by atoms with van der Waals surface area (Å²) < 4.78 is 26.5. The number of halogens is 2. The van der Waals surface area contributed by atoms with Crippen molar-refractivity contribution in [3.8, 4) is 0 Å². The zero-order valence-corrected chi connectivity index (χ0v) is 25.5. The van der Waals surface area contributed by atoms with Crippen LogP contribution in [0.4, 0.5) is 11.4 Å². The second kappa shape index (κ2) is 15.0. The maximum atomic E-state index is 14.1.